The first kappa shape index (κ1) is 39.4. The summed E-state index contributed by atoms with van der Waals surface area (Å²) in [5.41, 5.74) is -5.25. The van der Waals surface area contributed by atoms with Gasteiger partial charge in [-0.15, -0.1) is 0 Å². The molecule has 6 fully saturated rings. The highest BCUT2D eigenvalue weighted by Gasteiger charge is 2.49. The van der Waals surface area contributed by atoms with Crippen molar-refractivity contribution in [1.82, 2.24) is 89.2 Å². The number of hydrogen-bond donors (Lipinski definition) is 12. The molecule has 42 heteroatoms. The molecule has 12 amide bonds. The lowest BCUT2D eigenvalue weighted by molar-refractivity contribution is -0.141. The Balaban J connectivity index is 0.000000194. The number of rotatable bonds is 6. The van der Waals surface area contributed by atoms with Crippen molar-refractivity contribution in [2.45, 2.75) is 192 Å². The predicted octanol–water partition coefficient (Wildman–Crippen LogP) is 2.63. The molecule has 12 heterocycles. The van der Waals surface area contributed by atoms with E-state index in [4.69, 9.17) is 129 Å². The summed E-state index contributed by atoms with van der Waals surface area (Å²) in [7, 11) is 0. The van der Waals surface area contributed by atoms with Crippen molar-refractivity contribution >= 4 is 170 Å². The standard InChI is InChI=1S/6C15H16N4O3/c6*1-8-17-10-5-3-4-9(16)12(10)13(21)19(8)15(2)7-6-11(20)18-14(15)22/h6*3-5H,6-7,16H2,1-2H3,(H,18,20,22)/t2*15-;;;;/m10..../s1/i2*1D3,3D,4D,5D,6D2,7D2;3*1D3,2D3,3D,4D,5D,6D2,7D2;1D3,3D,4D,5D,6D2,7D2. The average molecular weight is 1870 g/mol. The lowest BCUT2D eigenvalue weighted by Crippen LogP contribution is -2.56. The average Bonchev–Trinajstić information content (AvgIpc) is 0.671. The molecule has 0 aliphatic carbocycles. The van der Waals surface area contributed by atoms with Gasteiger partial charge in [-0.2, -0.15) is 0 Å². The maximum atomic E-state index is 13.7. The van der Waals surface area contributed by atoms with Gasteiger partial charge in [0.15, 0.2) is 0 Å². The van der Waals surface area contributed by atoms with Gasteiger partial charge in [0.25, 0.3) is 68.8 Å². The van der Waals surface area contributed by atoms with Crippen LogP contribution in [0.4, 0.5) is 34.1 Å². The minimum Gasteiger partial charge on any atom is -0.398 e. The molecule has 6 saturated heterocycles. The van der Waals surface area contributed by atoms with E-state index >= 15 is 0 Å². The van der Waals surface area contributed by atoms with Gasteiger partial charge in [0.2, 0.25) is 35.4 Å². The number of carbonyl (C=O) groups is 12. The van der Waals surface area contributed by atoms with Gasteiger partial charge in [0.1, 0.15) is 68.2 Å². The lowest BCUT2D eigenvalue weighted by Gasteiger charge is -2.34. The van der Waals surface area contributed by atoms with Gasteiger partial charge in [-0.05, 0) is 193 Å². The number of imide groups is 6. The smallest absolute Gasteiger partial charge is 0.264 e. The number of nitrogens with one attached hydrogen (secondary N) is 6. The summed E-state index contributed by atoms with van der Waals surface area (Å²) >= 11 is 0. The van der Waals surface area contributed by atoms with Gasteiger partial charge < -0.3 is 34.4 Å². The summed E-state index contributed by atoms with van der Waals surface area (Å²) in [6.45, 7) is -30.4. The minimum absolute atomic E-state index is 0.0980. The predicted molar refractivity (Wildman–Crippen MR) is 487 cm³/mol. The number of nitrogens with two attached hydrogens (primary N) is 6. The number of nitrogens with zero attached hydrogens (tertiary/aromatic N) is 12. The van der Waals surface area contributed by atoms with Crippen LogP contribution in [-0.4, -0.2) is 128 Å². The summed E-state index contributed by atoms with van der Waals surface area (Å²) in [6, 6.07) is -14.9. The van der Waals surface area contributed by atoms with E-state index < -0.39 is 519 Å². The van der Waals surface area contributed by atoms with Crippen molar-refractivity contribution in [2.24, 2.45) is 0 Å². The van der Waals surface area contributed by atoms with Crippen molar-refractivity contribution < 1.29 is 152 Å². The third-order valence-corrected chi connectivity index (χ3v) is 18.7. The van der Waals surface area contributed by atoms with Crippen LogP contribution < -0.4 is 99.7 Å². The molecule has 0 saturated carbocycles. The summed E-state index contributed by atoms with van der Waals surface area (Å²) in [4.78, 5) is 253. The fourth-order valence-corrected chi connectivity index (χ4v) is 12.3. The van der Waals surface area contributed by atoms with E-state index in [1.54, 1.807) is 16.0 Å². The van der Waals surface area contributed by atoms with Gasteiger partial charge in [-0.3, -0.25) is 146 Å². The van der Waals surface area contributed by atoms with Crippen LogP contribution in [0.2, 0.25) is 0 Å². The van der Waals surface area contributed by atoms with Gasteiger partial charge >= 0.3 is 0 Å². The Morgan fingerprint density at radius 3 is 0.553 bits per heavy atom. The highest BCUT2D eigenvalue weighted by Crippen LogP contribution is 2.35. The van der Waals surface area contributed by atoms with Gasteiger partial charge in [-0.25, -0.2) is 29.9 Å². The molecule has 684 valence electrons. The van der Waals surface area contributed by atoms with Crippen LogP contribution in [0, 0.1) is 41.1 Å². The molecule has 6 aromatic heterocycles. The SMILES string of the molecule is [2H]c1c([2H])c(N)c2c(=O)n(C3(C([2H])([2H])[2H])C(=O)NC(=O)C([2H])([2H])C3([2H])[2H])c(C([2H])([2H])[2H])nc2c1[2H].[2H]c1c([2H])c(N)c2c(=O)n(C3(C([2H])([2H])[2H])C(=O)NC(=O)C([2H])([2H])C3([2H])[2H])c(C([2H])([2H])[2H])nc2c1[2H].[2H]c1c([2H])c(N)c2c(=O)n(C3(C([2H])([2H])[2H])C(=O)NC(=O)C([2H])([2H])C3([2H])[2H])c(C([2H])([2H])[2H])nc2c1[2H].[2H]c1c([2H])c(N)c2c(=O)n(C3(C)C(=O)NC(=O)C([2H])([2H])C3([2H])[2H])c(C([2H])([2H])[2H])nc2c1[2H].[2H]c1c([2H])c(N)c2c(=O)n([C@@]3(C)C(=O)NC(=O)C([2H])([2H])C3([2H])[2H])c(C([2H])([2H])[2H])nc2c1[2H].[2H]c1c([2H])c(N)c2c(=O)n([C@]3(C)C(=O)NC(=O)C([2H])([2H])C3([2H])[2H])c(C([2H])([2H])[2H])nc2c1[2H]. The summed E-state index contributed by atoms with van der Waals surface area (Å²) < 4.78 is 546. The Morgan fingerprint density at radius 2 is 0.402 bits per heavy atom. The molecule has 0 radical (unpaired) electrons. The number of fused-ring (bicyclic) bond motifs is 6. The van der Waals surface area contributed by atoms with Crippen LogP contribution >= 0.6 is 0 Å². The van der Waals surface area contributed by atoms with E-state index in [2.05, 4.69) is 29.9 Å². The maximum absolute atomic E-state index is 13.7. The number of nitrogen functional groups attached to an aromatic ring is 6. The van der Waals surface area contributed by atoms with Crippen LogP contribution in [0.1, 0.15) is 247 Å². The van der Waals surface area contributed by atoms with E-state index in [1.165, 1.54) is 16.0 Å². The van der Waals surface area contributed by atoms with Crippen LogP contribution in [0.3, 0.4) is 0 Å². The van der Waals surface area contributed by atoms with E-state index in [0.717, 1.165) is 20.8 Å². The zero-order chi connectivity index (χ0) is 156. The van der Waals surface area contributed by atoms with Crippen LogP contribution in [0.15, 0.2) is 138 Å². The number of hydrogen-bond acceptors (Lipinski definition) is 30. The quantitative estimate of drug-likeness (QED) is 0.0841. The van der Waals surface area contributed by atoms with Crippen molar-refractivity contribution in [1.29, 1.82) is 0 Å². The Morgan fingerprint density at radius 1 is 0.258 bits per heavy atom. The van der Waals surface area contributed by atoms with E-state index in [9.17, 15) is 86.3 Å². The number of carbonyl (C=O) groups excluding carboxylic acids is 12. The van der Waals surface area contributed by atoms with Crippen molar-refractivity contribution in [3.8, 4) is 0 Å². The molecule has 132 heavy (non-hydrogen) atoms. The van der Waals surface area contributed by atoms with E-state index in [0.29, 0.717) is 0 Å². The Hall–Kier alpha value is -16.2. The molecular formula is C90H96N24O18. The molecule has 6 aliphatic rings. The second-order valence-corrected chi connectivity index (χ2v) is 27.1. The number of piperidine rings is 6. The third kappa shape index (κ3) is 16.5. The molecule has 0 bridgehead atoms. The van der Waals surface area contributed by atoms with Crippen LogP contribution in [0.25, 0.3) is 65.4 Å². The van der Waals surface area contributed by atoms with E-state index in [1.807, 2.05) is 0 Å². The molecule has 18 rings (SSSR count). The first-order chi connectivity index (χ1) is 89.7. The highest BCUT2D eigenvalue weighted by molar-refractivity contribution is 6.07. The zero-order valence-corrected chi connectivity index (χ0v) is 65.7. The van der Waals surface area contributed by atoms with Gasteiger partial charge in [0.05, 0.1) is 90.1 Å². The molecular weight excluding hydrogens is 1710 g/mol. The second kappa shape index (κ2) is 35.1. The van der Waals surface area contributed by atoms with Crippen molar-refractivity contribution in [3.05, 3.63) is 206 Å². The first-order valence-electron chi connectivity index (χ1n) is 69.9. The van der Waals surface area contributed by atoms with E-state index in [-0.39, 0.29) is 27.4 Å². The number of anilines is 6. The fraction of sp³-hybridized carbons (Fsp3) is 0.333. The molecule has 6 aromatic carbocycles. The second-order valence-electron chi connectivity index (χ2n) is 27.1. The molecule has 12 aromatic rings. The largest absolute Gasteiger partial charge is 0.398 e. The van der Waals surface area contributed by atoms with Gasteiger partial charge in [0, 0.05) is 142 Å². The Bertz CT molecular complexity index is 10100. The first-order valence-corrected chi connectivity index (χ1v) is 35.4. The van der Waals surface area contributed by atoms with Crippen molar-refractivity contribution in [2.75, 3.05) is 34.4 Å². The number of aryl methyl sites for hydroxylation is 6. The van der Waals surface area contributed by atoms with Crippen LogP contribution in [-0.2, 0) is 90.8 Å². The Labute approximate surface area is 844 Å². The minimum atomic E-state index is -4.08. The zero-order valence-electron chi connectivity index (χ0n) is 135. The molecule has 42 nitrogen and oxygen atoms in total. The lowest BCUT2D eigenvalue weighted by atomic mass is 9.90. The normalized spacial score (nSPS) is 35.0. The monoisotopic (exact) mass is 1870 g/mol. The summed E-state index contributed by atoms with van der Waals surface area (Å²) in [6.07, 6.45) is -44.1. The highest BCUT2D eigenvalue weighted by atomic mass is 16.2. The van der Waals surface area contributed by atoms with Crippen molar-refractivity contribution in [3.63, 3.8) is 0 Å². The summed E-state index contributed by atoms with van der Waals surface area (Å²) in [5.74, 6) is -29.4. The van der Waals surface area contributed by atoms with Crippen LogP contribution in [0.5, 0.6) is 0 Å². The maximum Gasteiger partial charge on any atom is 0.264 e. The topological polar surface area (TPSA) is 642 Å². The van der Waals surface area contributed by atoms with Gasteiger partial charge in [-0.1, -0.05) is 36.3 Å². The summed E-state index contributed by atoms with van der Waals surface area (Å²) in [5, 5.41) is 3.89. The number of aromatic nitrogens is 12. The molecule has 18 N–H and O–H groups in total. The number of amides is 12. The number of benzene rings is 6. The Kier molecular flexibility index (Phi) is 10.5. The molecule has 4 unspecified atom stereocenters. The molecule has 6 atom stereocenters. The fourth-order valence-electron chi connectivity index (χ4n) is 12.3. The third-order valence-electron chi connectivity index (χ3n) is 18.7. The molecule has 0 spiro atoms. The molecule has 6 aliphatic heterocycles.